The fraction of sp³-hybridized carbons (Fsp3) is 0.115. The molecule has 0 radical (unpaired) electrons. The fourth-order valence-electron chi connectivity index (χ4n) is 4.37. The van der Waals surface area contributed by atoms with Gasteiger partial charge in [-0.3, -0.25) is 9.78 Å². The third-order valence-electron chi connectivity index (χ3n) is 6.19. The summed E-state index contributed by atoms with van der Waals surface area (Å²) in [5.74, 6) is 0. The first-order chi connectivity index (χ1) is 16.3. The molecule has 2 N–H and O–H groups in total. The van der Waals surface area contributed by atoms with Crippen molar-refractivity contribution in [1.82, 2.24) is 19.1 Å². The van der Waals surface area contributed by atoms with Gasteiger partial charge in [-0.25, -0.2) is 4.98 Å². The van der Waals surface area contributed by atoms with Crippen LogP contribution < -0.4 is 11.3 Å². The van der Waals surface area contributed by atoms with Gasteiger partial charge in [-0.2, -0.15) is 0 Å². The molecule has 0 aliphatic carbocycles. The van der Waals surface area contributed by atoms with Crippen molar-refractivity contribution in [3.05, 3.63) is 117 Å². The second-order valence-corrected chi connectivity index (χ2v) is 9.13. The van der Waals surface area contributed by atoms with Crippen LogP contribution >= 0.6 is 23.2 Å². The molecule has 0 bridgehead atoms. The molecule has 0 spiro atoms. The van der Waals surface area contributed by atoms with Gasteiger partial charge >= 0.3 is 0 Å². The van der Waals surface area contributed by atoms with E-state index < -0.39 is 5.54 Å². The van der Waals surface area contributed by atoms with Gasteiger partial charge in [0.05, 0.1) is 34.5 Å². The Bertz CT molecular complexity index is 1590. The van der Waals surface area contributed by atoms with E-state index in [0.29, 0.717) is 15.7 Å². The van der Waals surface area contributed by atoms with Gasteiger partial charge in [0.1, 0.15) is 5.54 Å². The zero-order valence-corrected chi connectivity index (χ0v) is 20.0. The van der Waals surface area contributed by atoms with E-state index in [2.05, 4.69) is 9.97 Å². The van der Waals surface area contributed by atoms with Crippen molar-refractivity contribution in [1.29, 1.82) is 0 Å². The number of hydrogen-bond acceptors (Lipinski definition) is 4. The predicted octanol–water partition coefficient (Wildman–Crippen LogP) is 4.89. The van der Waals surface area contributed by atoms with Crippen molar-refractivity contribution in [2.45, 2.75) is 5.54 Å². The number of aryl methyl sites for hydroxylation is 2. The first-order valence-electron chi connectivity index (χ1n) is 10.6. The number of fused-ring (bicyclic) bond motifs is 1. The van der Waals surface area contributed by atoms with Gasteiger partial charge in [-0.05, 0) is 53.1 Å². The van der Waals surface area contributed by atoms with Gasteiger partial charge in [-0.15, -0.1) is 0 Å². The van der Waals surface area contributed by atoms with Crippen molar-refractivity contribution in [2.75, 3.05) is 0 Å². The second-order valence-electron chi connectivity index (χ2n) is 8.26. The molecule has 0 aliphatic rings. The number of pyridine rings is 2. The van der Waals surface area contributed by atoms with Crippen LogP contribution in [0.3, 0.4) is 0 Å². The van der Waals surface area contributed by atoms with Gasteiger partial charge in [0.15, 0.2) is 0 Å². The molecule has 6 nitrogen and oxygen atoms in total. The van der Waals surface area contributed by atoms with E-state index in [4.69, 9.17) is 28.9 Å². The molecule has 0 fully saturated rings. The van der Waals surface area contributed by atoms with E-state index in [0.717, 1.165) is 33.3 Å². The number of imidazole rings is 1. The number of aromatic nitrogens is 4. The maximum Gasteiger partial charge on any atom is 0.251 e. The number of nitrogens with two attached hydrogens (primary N) is 1. The maximum absolute atomic E-state index is 12.7. The lowest BCUT2D eigenvalue weighted by atomic mass is 9.83. The molecule has 8 heteroatoms. The molecular weight excluding hydrogens is 469 g/mol. The molecule has 1 unspecified atom stereocenters. The van der Waals surface area contributed by atoms with Crippen LogP contribution in [-0.2, 0) is 19.6 Å². The Labute approximate surface area is 206 Å². The second kappa shape index (κ2) is 8.40. The van der Waals surface area contributed by atoms with E-state index >= 15 is 0 Å². The number of hydrogen-bond donors (Lipinski definition) is 1. The number of rotatable bonds is 4. The highest BCUT2D eigenvalue weighted by molar-refractivity contribution is 6.31. The molecule has 0 saturated carbocycles. The average Bonchev–Trinajstić information content (AvgIpc) is 3.27. The van der Waals surface area contributed by atoms with E-state index in [1.807, 2.05) is 54.1 Å². The summed E-state index contributed by atoms with van der Waals surface area (Å²) in [5.41, 5.74) is 10.5. The Morgan fingerprint density at radius 2 is 1.76 bits per heavy atom. The summed E-state index contributed by atoms with van der Waals surface area (Å²) < 4.78 is 3.50. The Morgan fingerprint density at radius 3 is 2.44 bits per heavy atom. The van der Waals surface area contributed by atoms with E-state index in [9.17, 15) is 4.79 Å². The van der Waals surface area contributed by atoms with E-state index in [-0.39, 0.29) is 5.56 Å². The molecule has 1 atom stereocenters. The van der Waals surface area contributed by atoms with Gasteiger partial charge in [-0.1, -0.05) is 41.4 Å². The number of benzene rings is 2. The third-order valence-corrected chi connectivity index (χ3v) is 6.65. The Morgan fingerprint density at radius 1 is 0.941 bits per heavy atom. The Kier molecular flexibility index (Phi) is 5.52. The zero-order valence-electron chi connectivity index (χ0n) is 18.5. The molecule has 0 saturated heterocycles. The lowest BCUT2D eigenvalue weighted by Crippen LogP contribution is -2.41. The highest BCUT2D eigenvalue weighted by atomic mass is 35.5. The minimum absolute atomic E-state index is 0.111. The summed E-state index contributed by atoms with van der Waals surface area (Å²) in [6.45, 7) is 0. The van der Waals surface area contributed by atoms with Crippen LogP contribution in [0, 0.1) is 0 Å². The lowest BCUT2D eigenvalue weighted by molar-refractivity contribution is 0.579. The van der Waals surface area contributed by atoms with Crippen LogP contribution in [0.5, 0.6) is 0 Å². The molecule has 5 rings (SSSR count). The lowest BCUT2D eigenvalue weighted by Gasteiger charge is -2.30. The van der Waals surface area contributed by atoms with Gasteiger partial charge < -0.3 is 14.9 Å². The summed E-state index contributed by atoms with van der Waals surface area (Å²) in [6, 6.07) is 18.5. The zero-order chi connectivity index (χ0) is 24.0. The van der Waals surface area contributed by atoms with Crippen molar-refractivity contribution >= 4 is 34.1 Å². The first-order valence-corrected chi connectivity index (χ1v) is 11.3. The Balaban J connectivity index is 1.84. The Hall–Kier alpha value is -3.45. The summed E-state index contributed by atoms with van der Waals surface area (Å²) in [4.78, 5) is 21.6. The third kappa shape index (κ3) is 3.60. The van der Waals surface area contributed by atoms with Gasteiger partial charge in [0.25, 0.3) is 5.56 Å². The molecule has 170 valence electrons. The SMILES string of the molecule is Cn1cncc1C(N)(c1ccc2c(c1)c(-c1cccc(Cl)c1)cc(=O)n2C)c1ccc(Cl)cn1. The smallest absolute Gasteiger partial charge is 0.251 e. The normalized spacial score (nSPS) is 13.2. The summed E-state index contributed by atoms with van der Waals surface area (Å²) >= 11 is 12.4. The minimum atomic E-state index is -1.12. The molecule has 3 aromatic heterocycles. The minimum Gasteiger partial charge on any atom is -0.335 e. The van der Waals surface area contributed by atoms with Crippen molar-refractivity contribution < 1.29 is 0 Å². The van der Waals surface area contributed by atoms with Crippen LogP contribution in [-0.4, -0.2) is 19.1 Å². The monoisotopic (exact) mass is 489 g/mol. The highest BCUT2D eigenvalue weighted by Crippen LogP contribution is 2.37. The molecule has 0 aliphatic heterocycles. The predicted molar refractivity (Wildman–Crippen MR) is 136 cm³/mol. The van der Waals surface area contributed by atoms with Crippen LogP contribution in [0.2, 0.25) is 10.0 Å². The standard InChI is InChI=1S/C26H21Cl2N5O/c1-32-15-30-14-24(32)26(29,23-9-7-19(28)13-31-23)17-6-8-22-21(11-17)20(12-25(34)33(22)2)16-4-3-5-18(27)10-16/h3-15H,29H2,1-2H3. The van der Waals surface area contributed by atoms with Crippen LogP contribution in [0.15, 0.2) is 84.2 Å². The van der Waals surface area contributed by atoms with Crippen molar-refractivity contribution in [3.8, 4) is 11.1 Å². The van der Waals surface area contributed by atoms with E-state index in [1.54, 1.807) is 48.5 Å². The molecule has 5 aromatic rings. The fourth-order valence-corrected chi connectivity index (χ4v) is 4.68. The summed E-state index contributed by atoms with van der Waals surface area (Å²) in [6.07, 6.45) is 5.02. The van der Waals surface area contributed by atoms with Crippen molar-refractivity contribution in [3.63, 3.8) is 0 Å². The van der Waals surface area contributed by atoms with Crippen LogP contribution in [0.4, 0.5) is 0 Å². The first kappa shape index (κ1) is 22.3. The molecule has 34 heavy (non-hydrogen) atoms. The molecule has 3 heterocycles. The quantitative estimate of drug-likeness (QED) is 0.389. The topological polar surface area (TPSA) is 78.7 Å². The average molecular weight is 490 g/mol. The van der Waals surface area contributed by atoms with Gasteiger partial charge in [0, 0.05) is 36.8 Å². The van der Waals surface area contributed by atoms with Gasteiger partial charge in [0.2, 0.25) is 0 Å². The number of nitrogens with zero attached hydrogens (tertiary/aromatic N) is 4. The summed E-state index contributed by atoms with van der Waals surface area (Å²) in [5, 5.41) is 1.98. The van der Waals surface area contributed by atoms with E-state index in [1.165, 1.54) is 0 Å². The number of halogens is 2. The highest BCUT2D eigenvalue weighted by Gasteiger charge is 2.36. The molecular formula is C26H21Cl2N5O. The maximum atomic E-state index is 12.7. The largest absolute Gasteiger partial charge is 0.335 e. The van der Waals surface area contributed by atoms with Crippen LogP contribution in [0.25, 0.3) is 22.0 Å². The van der Waals surface area contributed by atoms with Crippen LogP contribution in [0.1, 0.15) is 17.0 Å². The molecule has 0 amide bonds. The summed E-state index contributed by atoms with van der Waals surface area (Å²) in [7, 11) is 3.64. The molecule has 2 aromatic carbocycles. The van der Waals surface area contributed by atoms with Crippen molar-refractivity contribution in [2.24, 2.45) is 19.8 Å².